The first-order valence-electron chi connectivity index (χ1n) is 10.3. The number of fused-ring (bicyclic) bond motifs is 1. The standard InChI is InChI=1S/C21H19F3N4O6/c1-26-20(33)16-18(31)17(30)14(19(32)25-6-10-11(23)4-9(22)5-12(10)24)15-13(29)7-27(28(15)16)21(26)2-3-34-8-21/h4-5,13,29,31H,2-3,6-8H2,1H3,(H,25,32). The summed E-state index contributed by atoms with van der Waals surface area (Å²) in [4.78, 5) is 40.3. The van der Waals surface area contributed by atoms with Crippen LogP contribution in [0.4, 0.5) is 13.2 Å². The van der Waals surface area contributed by atoms with Crippen molar-refractivity contribution in [2.45, 2.75) is 24.7 Å². The van der Waals surface area contributed by atoms with Crippen molar-refractivity contribution >= 4 is 11.8 Å². The molecule has 0 radical (unpaired) electrons. The Morgan fingerprint density at radius 2 is 1.94 bits per heavy atom. The molecule has 34 heavy (non-hydrogen) atoms. The number of nitrogens with zero attached hydrogens (tertiary/aromatic N) is 3. The van der Waals surface area contributed by atoms with Crippen LogP contribution in [-0.4, -0.2) is 64.1 Å². The van der Waals surface area contributed by atoms with E-state index < -0.39 is 75.6 Å². The lowest BCUT2D eigenvalue weighted by Crippen LogP contribution is -2.69. The minimum Gasteiger partial charge on any atom is -0.502 e. The van der Waals surface area contributed by atoms with Crippen molar-refractivity contribution in [1.29, 1.82) is 0 Å². The number of aliphatic hydroxyl groups excluding tert-OH is 1. The molecule has 0 bridgehead atoms. The molecular formula is C21H19F3N4O6. The predicted octanol–water partition coefficient (Wildman–Crippen LogP) is 0.0884. The summed E-state index contributed by atoms with van der Waals surface area (Å²) in [6.07, 6.45) is -1.03. The number of carbonyl (C=O) groups is 2. The number of nitrogens with one attached hydrogen (secondary N) is 1. The topological polar surface area (TPSA) is 124 Å². The Hall–Kier alpha value is -3.58. The second-order valence-electron chi connectivity index (χ2n) is 8.38. The van der Waals surface area contributed by atoms with Gasteiger partial charge in [0.15, 0.2) is 17.1 Å². The Morgan fingerprint density at radius 1 is 1.26 bits per heavy atom. The normalized spacial score (nSPS) is 23.1. The molecule has 13 heteroatoms. The highest BCUT2D eigenvalue weighted by Crippen LogP contribution is 2.42. The molecule has 5 rings (SSSR count). The van der Waals surface area contributed by atoms with Crippen LogP contribution in [0.15, 0.2) is 16.9 Å². The number of aliphatic hydroxyl groups is 1. The van der Waals surface area contributed by atoms with Gasteiger partial charge in [-0.05, 0) is 0 Å². The summed E-state index contributed by atoms with van der Waals surface area (Å²) in [6, 6.07) is 0.882. The van der Waals surface area contributed by atoms with Crippen LogP contribution >= 0.6 is 0 Å². The highest BCUT2D eigenvalue weighted by atomic mass is 19.1. The van der Waals surface area contributed by atoms with Crippen LogP contribution in [-0.2, 0) is 11.3 Å². The summed E-state index contributed by atoms with van der Waals surface area (Å²) in [5.41, 5.74) is -4.20. The van der Waals surface area contributed by atoms with Crippen LogP contribution in [0.25, 0.3) is 0 Å². The summed E-state index contributed by atoms with van der Waals surface area (Å²) in [5, 5.41) is 25.1. The molecule has 10 nitrogen and oxygen atoms in total. The first kappa shape index (κ1) is 22.2. The number of carbonyl (C=O) groups excluding carboxylic acids is 2. The lowest BCUT2D eigenvalue weighted by atomic mass is 10.0. The van der Waals surface area contributed by atoms with Crippen molar-refractivity contribution in [2.75, 3.05) is 31.8 Å². The Balaban J connectivity index is 1.60. The van der Waals surface area contributed by atoms with E-state index in [4.69, 9.17) is 4.74 Å². The Labute approximate surface area is 189 Å². The Kier molecular flexibility index (Phi) is 4.88. The van der Waals surface area contributed by atoms with E-state index in [9.17, 15) is 37.8 Å². The zero-order valence-electron chi connectivity index (χ0n) is 17.8. The number of benzene rings is 1. The fraction of sp³-hybridized carbons (Fsp3) is 0.381. The van der Waals surface area contributed by atoms with Crippen LogP contribution in [0.5, 0.6) is 5.75 Å². The SMILES string of the molecule is CN1C(=O)c2c(O)c(=O)c(C(=O)NCc3c(F)cc(F)cc3F)c3n2N(CC3O)C12CCOC2. The third-order valence-corrected chi connectivity index (χ3v) is 6.62. The molecule has 0 aliphatic carbocycles. The van der Waals surface area contributed by atoms with E-state index >= 15 is 0 Å². The monoisotopic (exact) mass is 480 g/mol. The van der Waals surface area contributed by atoms with Gasteiger partial charge in [0.05, 0.1) is 25.5 Å². The number of rotatable bonds is 3. The van der Waals surface area contributed by atoms with Gasteiger partial charge in [-0.15, -0.1) is 0 Å². The highest BCUT2D eigenvalue weighted by molar-refractivity contribution is 6.01. The van der Waals surface area contributed by atoms with E-state index in [-0.39, 0.29) is 18.8 Å². The number of halogens is 3. The van der Waals surface area contributed by atoms with E-state index in [1.54, 1.807) is 5.01 Å². The van der Waals surface area contributed by atoms with Gasteiger partial charge >= 0.3 is 0 Å². The molecule has 2 unspecified atom stereocenters. The van der Waals surface area contributed by atoms with E-state index in [1.165, 1.54) is 11.9 Å². The molecule has 3 N–H and O–H groups in total. The van der Waals surface area contributed by atoms with E-state index in [0.29, 0.717) is 25.2 Å². The van der Waals surface area contributed by atoms with Gasteiger partial charge in [0, 0.05) is 37.7 Å². The first-order chi connectivity index (χ1) is 16.1. The molecule has 2 amide bonds. The maximum atomic E-state index is 14.0. The van der Waals surface area contributed by atoms with Crippen molar-refractivity contribution in [1.82, 2.24) is 14.9 Å². The van der Waals surface area contributed by atoms with Crippen molar-refractivity contribution in [3.05, 3.63) is 62.3 Å². The number of hydrogen-bond donors (Lipinski definition) is 3. The molecule has 1 saturated heterocycles. The first-order valence-corrected chi connectivity index (χ1v) is 10.3. The second-order valence-corrected chi connectivity index (χ2v) is 8.38. The average molecular weight is 480 g/mol. The van der Waals surface area contributed by atoms with E-state index in [0.717, 1.165) is 4.68 Å². The number of aromatic nitrogens is 1. The third-order valence-electron chi connectivity index (χ3n) is 6.62. The molecule has 3 aliphatic rings. The summed E-state index contributed by atoms with van der Waals surface area (Å²) < 4.78 is 47.7. The number of pyridine rings is 1. The van der Waals surface area contributed by atoms with Gasteiger partial charge < -0.3 is 25.2 Å². The Bertz CT molecular complexity index is 1280. The summed E-state index contributed by atoms with van der Waals surface area (Å²) in [6.45, 7) is -0.433. The molecule has 2 atom stereocenters. The van der Waals surface area contributed by atoms with Crippen molar-refractivity contribution in [3.63, 3.8) is 0 Å². The predicted molar refractivity (Wildman–Crippen MR) is 108 cm³/mol. The van der Waals surface area contributed by atoms with Gasteiger partial charge in [-0.2, -0.15) is 0 Å². The highest BCUT2D eigenvalue weighted by Gasteiger charge is 2.56. The van der Waals surface area contributed by atoms with Gasteiger partial charge in [0.25, 0.3) is 11.8 Å². The molecule has 1 spiro atoms. The fourth-order valence-corrected chi connectivity index (χ4v) is 4.86. The average Bonchev–Trinajstić information content (AvgIpc) is 3.38. The minimum atomic E-state index is -1.40. The number of likely N-dealkylation sites (N-methyl/N-ethyl adjacent to an activating group) is 1. The van der Waals surface area contributed by atoms with Crippen molar-refractivity contribution < 1.29 is 37.7 Å². The van der Waals surface area contributed by atoms with Crippen LogP contribution in [0.3, 0.4) is 0 Å². The van der Waals surface area contributed by atoms with Crippen molar-refractivity contribution in [2.24, 2.45) is 0 Å². The lowest BCUT2D eigenvalue weighted by molar-refractivity contribution is 0.0311. The third kappa shape index (κ3) is 2.86. The molecule has 2 aromatic rings. The number of amides is 2. The van der Waals surface area contributed by atoms with Crippen LogP contribution in [0.2, 0.25) is 0 Å². The zero-order valence-corrected chi connectivity index (χ0v) is 17.8. The molecule has 1 aromatic heterocycles. The molecular weight excluding hydrogens is 461 g/mol. The molecule has 1 fully saturated rings. The van der Waals surface area contributed by atoms with Crippen molar-refractivity contribution in [3.8, 4) is 5.75 Å². The van der Waals surface area contributed by atoms with E-state index in [2.05, 4.69) is 5.32 Å². The molecule has 180 valence electrons. The maximum Gasteiger partial charge on any atom is 0.278 e. The summed E-state index contributed by atoms with van der Waals surface area (Å²) >= 11 is 0. The van der Waals surface area contributed by atoms with Crippen LogP contribution in [0.1, 0.15) is 44.6 Å². The molecule has 4 heterocycles. The van der Waals surface area contributed by atoms with Gasteiger partial charge in [-0.25, -0.2) is 17.8 Å². The van der Waals surface area contributed by atoms with Gasteiger partial charge in [0.2, 0.25) is 5.43 Å². The minimum absolute atomic E-state index is 0.0956. The number of ether oxygens (including phenoxy) is 1. The van der Waals surface area contributed by atoms with Gasteiger partial charge in [0.1, 0.15) is 29.1 Å². The molecule has 3 aliphatic heterocycles. The van der Waals surface area contributed by atoms with E-state index in [1.807, 2.05) is 0 Å². The Morgan fingerprint density at radius 3 is 2.56 bits per heavy atom. The summed E-state index contributed by atoms with van der Waals surface area (Å²) in [7, 11) is 1.49. The summed E-state index contributed by atoms with van der Waals surface area (Å²) in [5.74, 6) is -6.46. The van der Waals surface area contributed by atoms with Crippen LogP contribution < -0.4 is 15.8 Å². The lowest BCUT2D eigenvalue weighted by Gasteiger charge is -2.50. The smallest absolute Gasteiger partial charge is 0.278 e. The second kappa shape index (κ2) is 7.46. The maximum absolute atomic E-state index is 14.0. The van der Waals surface area contributed by atoms with Crippen LogP contribution in [0, 0.1) is 17.5 Å². The largest absolute Gasteiger partial charge is 0.502 e. The number of hydrogen-bond acceptors (Lipinski definition) is 7. The number of aromatic hydroxyl groups is 1. The molecule has 1 aromatic carbocycles. The fourth-order valence-electron chi connectivity index (χ4n) is 4.86. The molecule has 0 saturated carbocycles. The van der Waals surface area contributed by atoms with Gasteiger partial charge in [-0.3, -0.25) is 19.4 Å². The van der Waals surface area contributed by atoms with Gasteiger partial charge in [-0.1, -0.05) is 0 Å². The zero-order chi connectivity index (χ0) is 24.5. The quantitative estimate of drug-likeness (QED) is 0.569.